The SMILES string of the molecule is Cc1cn[nH]c1C1CCCN(Cc2ccc3c(c2)OCCO3)C1. The summed E-state index contributed by atoms with van der Waals surface area (Å²) in [6.07, 6.45) is 4.39. The summed E-state index contributed by atoms with van der Waals surface area (Å²) in [5, 5.41) is 7.37. The van der Waals surface area contributed by atoms with Crippen molar-refractivity contribution in [1.29, 1.82) is 0 Å². The van der Waals surface area contributed by atoms with Crippen molar-refractivity contribution in [3.05, 3.63) is 41.2 Å². The summed E-state index contributed by atoms with van der Waals surface area (Å²) < 4.78 is 11.3. The highest BCUT2D eigenvalue weighted by Crippen LogP contribution is 2.32. The number of rotatable bonds is 3. The molecule has 2 aliphatic heterocycles. The number of H-pyrrole nitrogens is 1. The van der Waals surface area contributed by atoms with E-state index in [2.05, 4.69) is 34.2 Å². The molecule has 1 fully saturated rings. The molecule has 0 aliphatic carbocycles. The van der Waals surface area contributed by atoms with E-state index in [-0.39, 0.29) is 0 Å². The van der Waals surface area contributed by atoms with Crippen LogP contribution in [-0.4, -0.2) is 41.4 Å². The molecule has 0 bridgehead atoms. The Morgan fingerprint density at radius 3 is 2.96 bits per heavy atom. The summed E-state index contributed by atoms with van der Waals surface area (Å²) in [7, 11) is 0. The molecule has 5 nitrogen and oxygen atoms in total. The lowest BCUT2D eigenvalue weighted by atomic mass is 9.92. The average molecular weight is 313 g/mol. The Hall–Kier alpha value is -2.01. The molecule has 0 spiro atoms. The van der Waals surface area contributed by atoms with Gasteiger partial charge in [-0.15, -0.1) is 0 Å². The molecule has 23 heavy (non-hydrogen) atoms. The summed E-state index contributed by atoms with van der Waals surface area (Å²) in [4.78, 5) is 2.53. The smallest absolute Gasteiger partial charge is 0.161 e. The van der Waals surface area contributed by atoms with Crippen molar-refractivity contribution in [2.24, 2.45) is 0 Å². The molecule has 3 heterocycles. The highest BCUT2D eigenvalue weighted by Gasteiger charge is 2.24. The number of aryl methyl sites for hydroxylation is 1. The van der Waals surface area contributed by atoms with Crippen LogP contribution in [0.25, 0.3) is 0 Å². The molecule has 122 valence electrons. The topological polar surface area (TPSA) is 50.4 Å². The fourth-order valence-electron chi connectivity index (χ4n) is 3.65. The van der Waals surface area contributed by atoms with E-state index < -0.39 is 0 Å². The Balaban J connectivity index is 1.45. The number of nitrogens with one attached hydrogen (secondary N) is 1. The molecular formula is C18H23N3O2. The van der Waals surface area contributed by atoms with Crippen LogP contribution in [-0.2, 0) is 6.54 Å². The van der Waals surface area contributed by atoms with E-state index in [1.807, 2.05) is 12.3 Å². The van der Waals surface area contributed by atoms with Crippen molar-refractivity contribution in [2.45, 2.75) is 32.2 Å². The third-order valence-corrected chi connectivity index (χ3v) is 4.79. The number of piperidine rings is 1. The van der Waals surface area contributed by atoms with Crippen molar-refractivity contribution >= 4 is 0 Å². The van der Waals surface area contributed by atoms with Gasteiger partial charge in [0.15, 0.2) is 11.5 Å². The molecule has 5 heteroatoms. The fourth-order valence-corrected chi connectivity index (χ4v) is 3.65. The Labute approximate surface area is 136 Å². The maximum atomic E-state index is 5.69. The Morgan fingerprint density at radius 2 is 2.13 bits per heavy atom. The number of ether oxygens (including phenoxy) is 2. The summed E-state index contributed by atoms with van der Waals surface area (Å²) in [6, 6.07) is 6.31. The summed E-state index contributed by atoms with van der Waals surface area (Å²) in [6.45, 7) is 6.61. The molecule has 1 N–H and O–H groups in total. The van der Waals surface area contributed by atoms with Gasteiger partial charge in [-0.1, -0.05) is 6.07 Å². The van der Waals surface area contributed by atoms with Gasteiger partial charge < -0.3 is 9.47 Å². The predicted octanol–water partition coefficient (Wildman–Crippen LogP) is 2.87. The number of benzene rings is 1. The lowest BCUT2D eigenvalue weighted by Crippen LogP contribution is -2.34. The maximum Gasteiger partial charge on any atom is 0.161 e. The molecular weight excluding hydrogens is 290 g/mol. The van der Waals surface area contributed by atoms with Crippen LogP contribution in [0.5, 0.6) is 11.5 Å². The summed E-state index contributed by atoms with van der Waals surface area (Å²) >= 11 is 0. The fraction of sp³-hybridized carbons (Fsp3) is 0.500. The van der Waals surface area contributed by atoms with Crippen LogP contribution in [0, 0.1) is 6.92 Å². The predicted molar refractivity (Wildman–Crippen MR) is 88.0 cm³/mol. The molecule has 1 unspecified atom stereocenters. The zero-order valence-corrected chi connectivity index (χ0v) is 13.5. The summed E-state index contributed by atoms with van der Waals surface area (Å²) in [5.74, 6) is 2.31. The zero-order chi connectivity index (χ0) is 15.6. The molecule has 2 aromatic rings. The van der Waals surface area contributed by atoms with Gasteiger partial charge in [-0.3, -0.25) is 10.00 Å². The number of hydrogen-bond donors (Lipinski definition) is 1. The van der Waals surface area contributed by atoms with Gasteiger partial charge in [0, 0.05) is 24.7 Å². The molecule has 1 atom stereocenters. The minimum atomic E-state index is 0.559. The van der Waals surface area contributed by atoms with Crippen molar-refractivity contribution < 1.29 is 9.47 Å². The zero-order valence-electron chi connectivity index (χ0n) is 13.5. The lowest BCUT2D eigenvalue weighted by Gasteiger charge is -2.32. The summed E-state index contributed by atoms with van der Waals surface area (Å²) in [5.41, 5.74) is 3.87. The van der Waals surface area contributed by atoms with E-state index in [1.54, 1.807) is 0 Å². The van der Waals surface area contributed by atoms with Crippen LogP contribution in [0.3, 0.4) is 0 Å². The molecule has 4 rings (SSSR count). The Kier molecular flexibility index (Phi) is 3.95. The first-order valence-corrected chi connectivity index (χ1v) is 8.40. The average Bonchev–Trinajstić information content (AvgIpc) is 3.01. The number of nitrogens with zero attached hydrogens (tertiary/aromatic N) is 2. The number of hydrogen-bond acceptors (Lipinski definition) is 4. The third-order valence-electron chi connectivity index (χ3n) is 4.79. The van der Waals surface area contributed by atoms with Gasteiger partial charge in [0.1, 0.15) is 13.2 Å². The minimum Gasteiger partial charge on any atom is -0.486 e. The molecule has 2 aliphatic rings. The Bertz CT molecular complexity index is 683. The van der Waals surface area contributed by atoms with E-state index in [4.69, 9.17) is 9.47 Å². The number of likely N-dealkylation sites (tertiary alicyclic amines) is 1. The van der Waals surface area contributed by atoms with Crippen molar-refractivity contribution in [2.75, 3.05) is 26.3 Å². The first kappa shape index (κ1) is 14.6. The van der Waals surface area contributed by atoms with Crippen molar-refractivity contribution in [3.8, 4) is 11.5 Å². The normalized spacial score (nSPS) is 21.3. The van der Waals surface area contributed by atoms with Gasteiger partial charge in [-0.05, 0) is 49.6 Å². The van der Waals surface area contributed by atoms with Crippen LogP contribution in [0.15, 0.2) is 24.4 Å². The van der Waals surface area contributed by atoms with Crippen LogP contribution >= 0.6 is 0 Å². The van der Waals surface area contributed by atoms with Gasteiger partial charge in [0.05, 0.1) is 6.20 Å². The quantitative estimate of drug-likeness (QED) is 0.946. The second-order valence-corrected chi connectivity index (χ2v) is 6.52. The number of aromatic amines is 1. The van der Waals surface area contributed by atoms with Crippen LogP contribution in [0.1, 0.15) is 35.6 Å². The van der Waals surface area contributed by atoms with Gasteiger partial charge in [0.2, 0.25) is 0 Å². The van der Waals surface area contributed by atoms with Gasteiger partial charge >= 0.3 is 0 Å². The monoisotopic (exact) mass is 313 g/mol. The second-order valence-electron chi connectivity index (χ2n) is 6.52. The molecule has 0 saturated carbocycles. The molecule has 1 aromatic carbocycles. The van der Waals surface area contributed by atoms with Crippen molar-refractivity contribution in [3.63, 3.8) is 0 Å². The first-order chi connectivity index (χ1) is 11.3. The largest absolute Gasteiger partial charge is 0.486 e. The number of aromatic nitrogens is 2. The van der Waals surface area contributed by atoms with E-state index >= 15 is 0 Å². The lowest BCUT2D eigenvalue weighted by molar-refractivity contribution is 0.170. The van der Waals surface area contributed by atoms with Crippen LogP contribution < -0.4 is 9.47 Å². The van der Waals surface area contributed by atoms with Crippen LogP contribution in [0.2, 0.25) is 0 Å². The Morgan fingerprint density at radius 1 is 1.26 bits per heavy atom. The first-order valence-electron chi connectivity index (χ1n) is 8.40. The molecule has 1 saturated heterocycles. The van der Waals surface area contributed by atoms with Gasteiger partial charge in [0.25, 0.3) is 0 Å². The number of fused-ring (bicyclic) bond motifs is 1. The standard InChI is InChI=1S/C18H23N3O2/c1-13-10-19-20-18(13)15-3-2-6-21(12-15)11-14-4-5-16-17(9-14)23-8-7-22-16/h4-5,9-10,15H,2-3,6-8,11-12H2,1H3,(H,19,20). The molecule has 1 aromatic heterocycles. The van der Waals surface area contributed by atoms with Crippen molar-refractivity contribution in [1.82, 2.24) is 15.1 Å². The third kappa shape index (κ3) is 3.06. The molecule has 0 radical (unpaired) electrons. The van der Waals surface area contributed by atoms with E-state index in [0.717, 1.165) is 31.1 Å². The second kappa shape index (κ2) is 6.24. The molecule has 0 amide bonds. The van der Waals surface area contributed by atoms with Gasteiger partial charge in [-0.2, -0.15) is 5.10 Å². The maximum absolute atomic E-state index is 5.69. The highest BCUT2D eigenvalue weighted by atomic mass is 16.6. The van der Waals surface area contributed by atoms with E-state index in [9.17, 15) is 0 Å². The highest BCUT2D eigenvalue weighted by molar-refractivity contribution is 5.43. The minimum absolute atomic E-state index is 0.559. The van der Waals surface area contributed by atoms with Gasteiger partial charge in [-0.25, -0.2) is 0 Å². The van der Waals surface area contributed by atoms with E-state index in [0.29, 0.717) is 19.1 Å². The van der Waals surface area contributed by atoms with Crippen LogP contribution in [0.4, 0.5) is 0 Å². The van der Waals surface area contributed by atoms with E-state index in [1.165, 1.54) is 29.7 Å².